The number of nitrogens with one attached hydrogen (secondary N) is 1. The van der Waals surface area contributed by atoms with Crippen LogP contribution in [0.5, 0.6) is 0 Å². The smallest absolute Gasteiger partial charge is 0.325 e. The number of imide groups is 1. The number of likely N-dealkylation sites (N-methyl/N-ethyl adjacent to an activating group) is 1. The van der Waals surface area contributed by atoms with E-state index < -0.39 is 12.2 Å². The third kappa shape index (κ3) is 4.01. The van der Waals surface area contributed by atoms with Crippen LogP contribution in [0, 0.1) is 12.8 Å². The summed E-state index contributed by atoms with van der Waals surface area (Å²) in [6.45, 7) is 11.7. The Morgan fingerprint density at radius 1 is 1.17 bits per heavy atom. The molecule has 0 bridgehead atoms. The lowest BCUT2D eigenvalue weighted by molar-refractivity contribution is -0.127. The lowest BCUT2D eigenvalue weighted by Crippen LogP contribution is -2.65. The van der Waals surface area contributed by atoms with Crippen molar-refractivity contribution in [3.8, 4) is 0 Å². The summed E-state index contributed by atoms with van der Waals surface area (Å²) < 4.78 is 0. The molecule has 2 atom stereocenters. The van der Waals surface area contributed by atoms with Crippen molar-refractivity contribution in [1.82, 2.24) is 24.9 Å². The Balaban J connectivity index is 1.47. The molecule has 2 saturated heterocycles. The fourth-order valence-corrected chi connectivity index (χ4v) is 4.54. The Kier molecular flexibility index (Phi) is 5.69. The number of aliphatic imine (C=N–C) groups is 1. The van der Waals surface area contributed by atoms with Gasteiger partial charge in [-0.1, -0.05) is 43.7 Å². The number of nitrogens with zero attached hydrogens (tertiary/aromatic N) is 5. The van der Waals surface area contributed by atoms with Gasteiger partial charge in [0, 0.05) is 46.3 Å². The van der Waals surface area contributed by atoms with Crippen LogP contribution in [0.4, 0.5) is 4.79 Å². The zero-order valence-corrected chi connectivity index (χ0v) is 18.3. The van der Waals surface area contributed by atoms with Crippen molar-refractivity contribution in [2.24, 2.45) is 10.9 Å². The van der Waals surface area contributed by atoms with Crippen LogP contribution in [-0.2, 0) is 11.3 Å². The van der Waals surface area contributed by atoms with Crippen molar-refractivity contribution in [3.63, 3.8) is 0 Å². The Morgan fingerprint density at radius 3 is 2.57 bits per heavy atom. The fraction of sp³-hybridized carbons (Fsp3) is 0.591. The SMILES string of the molecule is Cc1cccc(CN2CCN(C3=NC4C(C(=O)NC(=O)N4C)N3CC(C)C)CC2)c1. The van der Waals surface area contributed by atoms with Crippen molar-refractivity contribution in [2.75, 3.05) is 39.8 Å². The molecule has 0 aromatic heterocycles. The van der Waals surface area contributed by atoms with E-state index in [-0.39, 0.29) is 11.9 Å². The minimum Gasteiger partial charge on any atom is -0.340 e. The van der Waals surface area contributed by atoms with Gasteiger partial charge >= 0.3 is 6.03 Å². The van der Waals surface area contributed by atoms with Gasteiger partial charge < -0.3 is 14.7 Å². The van der Waals surface area contributed by atoms with Crippen LogP contribution in [0.15, 0.2) is 29.3 Å². The van der Waals surface area contributed by atoms with E-state index >= 15 is 0 Å². The van der Waals surface area contributed by atoms with E-state index in [0.717, 1.165) is 45.2 Å². The zero-order chi connectivity index (χ0) is 21.4. The number of piperazine rings is 1. The summed E-state index contributed by atoms with van der Waals surface area (Å²) in [5.74, 6) is 0.985. The van der Waals surface area contributed by atoms with Crippen molar-refractivity contribution in [2.45, 2.75) is 39.5 Å². The molecule has 4 rings (SSSR count). The molecule has 1 aromatic carbocycles. The minimum absolute atomic E-state index is 0.249. The quantitative estimate of drug-likeness (QED) is 0.808. The van der Waals surface area contributed by atoms with Crippen LogP contribution in [0.3, 0.4) is 0 Å². The lowest BCUT2D eigenvalue weighted by atomic mass is 10.1. The summed E-state index contributed by atoms with van der Waals surface area (Å²) in [6, 6.07) is 7.84. The predicted octanol–water partition coefficient (Wildman–Crippen LogP) is 1.32. The summed E-state index contributed by atoms with van der Waals surface area (Å²) >= 11 is 0. The van der Waals surface area contributed by atoms with Crippen LogP contribution >= 0.6 is 0 Å². The average molecular weight is 413 g/mol. The van der Waals surface area contributed by atoms with Gasteiger partial charge in [0.2, 0.25) is 0 Å². The Labute approximate surface area is 178 Å². The summed E-state index contributed by atoms with van der Waals surface area (Å²) in [5.41, 5.74) is 2.63. The molecule has 8 nitrogen and oxygen atoms in total. The van der Waals surface area contributed by atoms with Gasteiger partial charge in [0.05, 0.1) is 0 Å². The highest BCUT2D eigenvalue weighted by Crippen LogP contribution is 2.27. The van der Waals surface area contributed by atoms with Gasteiger partial charge in [-0.15, -0.1) is 0 Å². The van der Waals surface area contributed by atoms with Crippen molar-refractivity contribution < 1.29 is 9.59 Å². The van der Waals surface area contributed by atoms with Gasteiger partial charge in [0.25, 0.3) is 5.91 Å². The Hall–Kier alpha value is -2.61. The molecule has 3 aliphatic heterocycles. The largest absolute Gasteiger partial charge is 0.340 e. The number of hydrogen-bond donors (Lipinski definition) is 1. The second-order valence-corrected chi connectivity index (χ2v) is 8.99. The summed E-state index contributed by atoms with van der Waals surface area (Å²) in [6.07, 6.45) is -0.453. The molecule has 3 heterocycles. The van der Waals surface area contributed by atoms with Gasteiger partial charge in [0.1, 0.15) is 0 Å². The predicted molar refractivity (Wildman–Crippen MR) is 116 cm³/mol. The zero-order valence-electron chi connectivity index (χ0n) is 18.3. The molecule has 3 aliphatic rings. The molecule has 162 valence electrons. The summed E-state index contributed by atoms with van der Waals surface area (Å²) in [5, 5.41) is 2.47. The molecule has 0 spiro atoms. The van der Waals surface area contributed by atoms with Crippen LogP contribution in [0.1, 0.15) is 25.0 Å². The van der Waals surface area contributed by atoms with E-state index in [9.17, 15) is 9.59 Å². The molecule has 30 heavy (non-hydrogen) atoms. The van der Waals surface area contributed by atoms with Crippen molar-refractivity contribution in [1.29, 1.82) is 0 Å². The topological polar surface area (TPSA) is 71.5 Å². The highest BCUT2D eigenvalue weighted by atomic mass is 16.2. The molecule has 3 amide bonds. The molecule has 2 unspecified atom stereocenters. The van der Waals surface area contributed by atoms with E-state index in [1.165, 1.54) is 11.1 Å². The van der Waals surface area contributed by atoms with Gasteiger partial charge in [-0.05, 0) is 18.4 Å². The van der Waals surface area contributed by atoms with E-state index in [0.29, 0.717) is 5.92 Å². The van der Waals surface area contributed by atoms with Gasteiger partial charge in [-0.3, -0.25) is 15.0 Å². The number of carbonyl (C=O) groups is 2. The standard InChI is InChI=1S/C22H32N6O2/c1-15(2)13-28-18-19(25(4)22(30)24-20(18)29)23-21(28)27-10-8-26(9-11-27)14-17-7-5-6-16(3)12-17/h5-7,12,15,18-19H,8-11,13-14H2,1-4H3,(H,24,29,30). The molecule has 1 N–H and O–H groups in total. The van der Waals surface area contributed by atoms with E-state index in [1.807, 2.05) is 0 Å². The molecule has 0 aliphatic carbocycles. The molecular weight excluding hydrogens is 380 g/mol. The summed E-state index contributed by atoms with van der Waals surface area (Å²) in [4.78, 5) is 38.0. The molecule has 1 aromatic rings. The van der Waals surface area contributed by atoms with Gasteiger partial charge in [-0.25, -0.2) is 9.79 Å². The average Bonchev–Trinajstić information content (AvgIpc) is 3.06. The maximum Gasteiger partial charge on any atom is 0.325 e. The number of urea groups is 1. The normalized spacial score (nSPS) is 25.0. The maximum absolute atomic E-state index is 12.6. The van der Waals surface area contributed by atoms with Crippen molar-refractivity contribution in [3.05, 3.63) is 35.4 Å². The Bertz CT molecular complexity index is 846. The van der Waals surface area contributed by atoms with Gasteiger partial charge in [0.15, 0.2) is 18.2 Å². The molecule has 8 heteroatoms. The number of guanidine groups is 1. The summed E-state index contributed by atoms with van der Waals surface area (Å²) in [7, 11) is 1.71. The minimum atomic E-state index is -0.453. The van der Waals surface area contributed by atoms with Gasteiger partial charge in [-0.2, -0.15) is 0 Å². The Morgan fingerprint density at radius 2 is 1.90 bits per heavy atom. The van der Waals surface area contributed by atoms with Crippen LogP contribution in [-0.4, -0.2) is 89.5 Å². The number of aryl methyl sites for hydroxylation is 1. The number of hydrogen-bond acceptors (Lipinski definition) is 6. The van der Waals surface area contributed by atoms with E-state index in [1.54, 1.807) is 11.9 Å². The third-order valence-electron chi connectivity index (χ3n) is 6.04. The number of benzene rings is 1. The monoisotopic (exact) mass is 412 g/mol. The van der Waals surface area contributed by atoms with E-state index in [4.69, 9.17) is 4.99 Å². The first-order valence-corrected chi connectivity index (χ1v) is 10.8. The van der Waals surface area contributed by atoms with E-state index in [2.05, 4.69) is 65.1 Å². The van der Waals surface area contributed by atoms with Crippen LogP contribution in [0.2, 0.25) is 0 Å². The van der Waals surface area contributed by atoms with Crippen LogP contribution in [0.25, 0.3) is 0 Å². The molecule has 0 radical (unpaired) electrons. The van der Waals surface area contributed by atoms with Crippen LogP contribution < -0.4 is 5.32 Å². The highest BCUT2D eigenvalue weighted by molar-refractivity contribution is 6.03. The van der Waals surface area contributed by atoms with Crippen molar-refractivity contribution >= 4 is 17.9 Å². The number of amides is 3. The highest BCUT2D eigenvalue weighted by Gasteiger charge is 2.49. The second-order valence-electron chi connectivity index (χ2n) is 8.99. The first-order valence-electron chi connectivity index (χ1n) is 10.8. The first kappa shape index (κ1) is 20.7. The molecular formula is C22H32N6O2. The molecule has 2 fully saturated rings. The lowest BCUT2D eigenvalue weighted by Gasteiger charge is -2.41. The third-order valence-corrected chi connectivity index (χ3v) is 6.04. The number of fused-ring (bicyclic) bond motifs is 1. The number of rotatable bonds is 4. The second kappa shape index (κ2) is 8.26. The maximum atomic E-state index is 12.6. The molecule has 0 saturated carbocycles. The first-order chi connectivity index (χ1) is 14.3. The number of carbonyl (C=O) groups excluding carboxylic acids is 2. The fourth-order valence-electron chi connectivity index (χ4n) is 4.54.